The van der Waals surface area contributed by atoms with Gasteiger partial charge in [-0.05, 0) is 56.8 Å². The third kappa shape index (κ3) is 7.23. The molecule has 0 spiro atoms. The number of rotatable bonds is 5. The molecular weight excluding hydrogens is 472 g/mol. The first kappa shape index (κ1) is 27.1. The Hall–Kier alpha value is -2.54. The van der Waals surface area contributed by atoms with Crippen LogP contribution in [-0.2, 0) is 21.8 Å². The van der Waals surface area contributed by atoms with Crippen molar-refractivity contribution in [2.45, 2.75) is 44.0 Å². The van der Waals surface area contributed by atoms with Crippen molar-refractivity contribution in [3.63, 3.8) is 0 Å². The quantitative estimate of drug-likeness (QED) is 0.346. The lowest BCUT2D eigenvalue weighted by Crippen LogP contribution is -2.37. The van der Waals surface area contributed by atoms with Crippen LogP contribution in [0.3, 0.4) is 0 Å². The van der Waals surface area contributed by atoms with Gasteiger partial charge >= 0.3 is 12.4 Å². The SMILES string of the molecule is CC(OC1OCCC(C#CCN(C)C)C1c1ccccc1)c1cc(C(F)(F)F)cc(C(F)(F)F)c1. The molecule has 190 valence electrons. The first-order chi connectivity index (χ1) is 16.4. The molecule has 1 heterocycles. The summed E-state index contributed by atoms with van der Waals surface area (Å²) in [5, 5.41) is 0. The Bertz CT molecular complexity index is 1010. The minimum atomic E-state index is -4.93. The molecule has 0 aromatic heterocycles. The van der Waals surface area contributed by atoms with Crippen molar-refractivity contribution in [1.29, 1.82) is 0 Å². The van der Waals surface area contributed by atoms with E-state index in [1.165, 1.54) is 6.92 Å². The fraction of sp³-hybridized carbons (Fsp3) is 0.462. The van der Waals surface area contributed by atoms with Gasteiger partial charge in [-0.1, -0.05) is 42.2 Å². The van der Waals surface area contributed by atoms with Gasteiger partial charge in [0.05, 0.1) is 30.4 Å². The number of hydrogen-bond acceptors (Lipinski definition) is 3. The molecule has 2 aromatic carbocycles. The molecule has 9 heteroatoms. The molecule has 1 aliphatic rings. The fourth-order valence-corrected chi connectivity index (χ4v) is 3.96. The highest BCUT2D eigenvalue weighted by molar-refractivity contribution is 5.35. The molecule has 0 bridgehead atoms. The summed E-state index contributed by atoms with van der Waals surface area (Å²) in [7, 11) is 3.79. The minimum absolute atomic E-state index is 0.108. The number of halogens is 6. The minimum Gasteiger partial charge on any atom is -0.352 e. The van der Waals surface area contributed by atoms with E-state index < -0.39 is 35.9 Å². The van der Waals surface area contributed by atoms with Crippen molar-refractivity contribution < 1.29 is 35.8 Å². The average Bonchev–Trinajstić information content (AvgIpc) is 2.78. The van der Waals surface area contributed by atoms with E-state index in [1.54, 1.807) is 0 Å². The van der Waals surface area contributed by atoms with Crippen molar-refractivity contribution in [3.8, 4) is 11.8 Å². The molecule has 4 unspecified atom stereocenters. The molecule has 35 heavy (non-hydrogen) atoms. The molecule has 3 nitrogen and oxygen atoms in total. The largest absolute Gasteiger partial charge is 0.416 e. The maximum absolute atomic E-state index is 13.3. The maximum Gasteiger partial charge on any atom is 0.416 e. The lowest BCUT2D eigenvalue weighted by molar-refractivity contribution is -0.204. The van der Waals surface area contributed by atoms with Gasteiger partial charge in [0.2, 0.25) is 0 Å². The predicted octanol–water partition coefficient (Wildman–Crippen LogP) is 6.51. The highest BCUT2D eigenvalue weighted by atomic mass is 19.4. The third-order valence-corrected chi connectivity index (χ3v) is 5.72. The van der Waals surface area contributed by atoms with Crippen LogP contribution in [-0.4, -0.2) is 38.4 Å². The molecule has 0 aliphatic carbocycles. The second kappa shape index (κ2) is 11.0. The zero-order chi connectivity index (χ0) is 25.8. The Morgan fingerprint density at radius 2 is 1.60 bits per heavy atom. The van der Waals surface area contributed by atoms with Gasteiger partial charge in [-0.2, -0.15) is 26.3 Å². The van der Waals surface area contributed by atoms with Crippen LogP contribution >= 0.6 is 0 Å². The highest BCUT2D eigenvalue weighted by Gasteiger charge is 2.39. The molecule has 4 atom stereocenters. The van der Waals surface area contributed by atoms with Crippen LogP contribution in [0.5, 0.6) is 0 Å². The van der Waals surface area contributed by atoms with Gasteiger partial charge in [0.15, 0.2) is 6.29 Å². The molecular formula is C26H27F6NO2. The predicted molar refractivity (Wildman–Crippen MR) is 119 cm³/mol. The molecule has 0 saturated carbocycles. The summed E-state index contributed by atoms with van der Waals surface area (Å²) < 4.78 is 91.7. The summed E-state index contributed by atoms with van der Waals surface area (Å²) in [4.78, 5) is 1.92. The Morgan fingerprint density at radius 3 is 2.14 bits per heavy atom. The molecule has 0 N–H and O–H groups in total. The van der Waals surface area contributed by atoms with Gasteiger partial charge in [0.1, 0.15) is 0 Å². The highest BCUT2D eigenvalue weighted by Crippen LogP contribution is 2.41. The molecule has 0 amide bonds. The first-order valence-electron chi connectivity index (χ1n) is 11.1. The summed E-state index contributed by atoms with van der Waals surface area (Å²) in [6.45, 7) is 2.27. The van der Waals surface area contributed by atoms with E-state index in [-0.39, 0.29) is 23.5 Å². The lowest BCUT2D eigenvalue weighted by atomic mass is 9.82. The van der Waals surface area contributed by atoms with Crippen molar-refractivity contribution >= 4 is 0 Å². The first-order valence-corrected chi connectivity index (χ1v) is 11.1. The molecule has 0 radical (unpaired) electrons. The van der Waals surface area contributed by atoms with Gasteiger partial charge in [-0.25, -0.2) is 0 Å². The number of nitrogens with zero attached hydrogens (tertiary/aromatic N) is 1. The van der Waals surface area contributed by atoms with Gasteiger partial charge in [0, 0.05) is 11.8 Å². The van der Waals surface area contributed by atoms with Crippen LogP contribution in [0.15, 0.2) is 48.5 Å². The second-order valence-corrected chi connectivity index (χ2v) is 8.75. The van der Waals surface area contributed by atoms with Crippen molar-refractivity contribution in [2.75, 3.05) is 27.2 Å². The summed E-state index contributed by atoms with van der Waals surface area (Å²) in [5.41, 5.74) is -2.12. The molecule has 3 rings (SSSR count). The van der Waals surface area contributed by atoms with Crippen LogP contribution in [0.4, 0.5) is 26.3 Å². The van der Waals surface area contributed by atoms with Gasteiger partial charge < -0.3 is 9.47 Å². The topological polar surface area (TPSA) is 21.7 Å². The Balaban J connectivity index is 1.94. The zero-order valence-corrected chi connectivity index (χ0v) is 19.6. The van der Waals surface area contributed by atoms with Crippen LogP contribution in [0.2, 0.25) is 0 Å². The van der Waals surface area contributed by atoms with E-state index >= 15 is 0 Å². The molecule has 2 aromatic rings. The fourth-order valence-electron chi connectivity index (χ4n) is 3.96. The summed E-state index contributed by atoms with van der Waals surface area (Å²) >= 11 is 0. The van der Waals surface area contributed by atoms with E-state index in [2.05, 4.69) is 11.8 Å². The number of benzene rings is 2. The second-order valence-electron chi connectivity index (χ2n) is 8.75. The smallest absolute Gasteiger partial charge is 0.352 e. The zero-order valence-electron chi connectivity index (χ0n) is 19.6. The van der Waals surface area contributed by atoms with E-state index in [0.29, 0.717) is 31.7 Å². The standard InChI is InChI=1S/C26H27F6NO2/c1-17(20-14-21(25(27,28)29)16-22(15-20)26(30,31)32)35-24-23(18-8-5-4-6-9-18)19(11-13-34-24)10-7-12-33(2)3/h4-6,8-9,14-17,19,23-24H,11-13H2,1-3H3. The Kier molecular flexibility index (Phi) is 8.52. The van der Waals surface area contributed by atoms with Crippen LogP contribution in [0.1, 0.15) is 47.6 Å². The van der Waals surface area contributed by atoms with Crippen LogP contribution < -0.4 is 0 Å². The molecule has 1 fully saturated rings. The van der Waals surface area contributed by atoms with Crippen molar-refractivity contribution in [2.24, 2.45) is 5.92 Å². The Morgan fingerprint density at radius 1 is 1.00 bits per heavy atom. The number of ether oxygens (including phenoxy) is 2. The molecule has 1 aliphatic heterocycles. The van der Waals surface area contributed by atoms with E-state index in [0.717, 1.165) is 5.56 Å². The summed E-state index contributed by atoms with van der Waals surface area (Å²) in [5.74, 6) is 5.85. The third-order valence-electron chi connectivity index (χ3n) is 5.72. The van der Waals surface area contributed by atoms with Crippen molar-refractivity contribution in [1.82, 2.24) is 4.90 Å². The van der Waals surface area contributed by atoms with E-state index in [4.69, 9.17) is 9.47 Å². The van der Waals surface area contributed by atoms with Gasteiger partial charge in [0.25, 0.3) is 0 Å². The molecule has 1 saturated heterocycles. The van der Waals surface area contributed by atoms with E-state index in [1.807, 2.05) is 49.3 Å². The van der Waals surface area contributed by atoms with Gasteiger partial charge in [-0.3, -0.25) is 4.90 Å². The maximum atomic E-state index is 13.3. The Labute approximate surface area is 201 Å². The monoisotopic (exact) mass is 499 g/mol. The van der Waals surface area contributed by atoms with E-state index in [9.17, 15) is 26.3 Å². The summed E-state index contributed by atoms with van der Waals surface area (Å²) in [6, 6.07) is 10.8. The van der Waals surface area contributed by atoms with Crippen molar-refractivity contribution in [3.05, 3.63) is 70.8 Å². The average molecular weight is 499 g/mol. The van der Waals surface area contributed by atoms with Gasteiger partial charge in [-0.15, -0.1) is 0 Å². The lowest BCUT2D eigenvalue weighted by Gasteiger charge is -2.37. The number of hydrogen-bond donors (Lipinski definition) is 0. The summed E-state index contributed by atoms with van der Waals surface area (Å²) in [6.07, 6.45) is -11.2. The number of alkyl halides is 6. The normalized spacial score (nSPS) is 21.9. The van der Waals surface area contributed by atoms with Crippen LogP contribution in [0.25, 0.3) is 0 Å². The van der Waals surface area contributed by atoms with Crippen LogP contribution in [0, 0.1) is 17.8 Å².